The summed E-state index contributed by atoms with van der Waals surface area (Å²) in [4.78, 5) is 12.3. The molecule has 0 saturated carbocycles. The third-order valence-electron chi connectivity index (χ3n) is 3.50. The van der Waals surface area contributed by atoms with Gasteiger partial charge in [0, 0.05) is 37.5 Å². The Labute approximate surface area is 132 Å². The van der Waals surface area contributed by atoms with Crippen molar-refractivity contribution < 1.29 is 4.92 Å². The summed E-state index contributed by atoms with van der Waals surface area (Å²) in [6.07, 6.45) is 1.80. The van der Waals surface area contributed by atoms with Crippen LogP contribution in [0.4, 0.5) is 11.4 Å². The lowest BCUT2D eigenvalue weighted by molar-refractivity contribution is -0.384. The Morgan fingerprint density at radius 2 is 1.70 bits per heavy atom. The fourth-order valence-electron chi connectivity index (χ4n) is 2.18. The molecule has 0 atom stereocenters. The third-order valence-corrected chi connectivity index (χ3v) is 3.50. The molecule has 7 nitrogen and oxygen atoms in total. The largest absolute Gasteiger partial charge is 0.378 e. The summed E-state index contributed by atoms with van der Waals surface area (Å²) >= 11 is 0. The average molecular weight is 309 g/mol. The lowest BCUT2D eigenvalue weighted by atomic mass is 10.1. The molecule has 23 heavy (non-hydrogen) atoms. The van der Waals surface area contributed by atoms with Gasteiger partial charge in [-0.1, -0.05) is 17.3 Å². The van der Waals surface area contributed by atoms with E-state index in [9.17, 15) is 10.1 Å². The fourth-order valence-corrected chi connectivity index (χ4v) is 2.18. The van der Waals surface area contributed by atoms with Crippen molar-refractivity contribution in [3.05, 3.63) is 64.8 Å². The van der Waals surface area contributed by atoms with E-state index in [1.807, 2.05) is 43.3 Å². The molecule has 0 amide bonds. The van der Waals surface area contributed by atoms with Crippen molar-refractivity contribution in [3.63, 3.8) is 0 Å². The molecule has 116 valence electrons. The highest BCUT2D eigenvalue weighted by Crippen LogP contribution is 2.22. The molecule has 0 bridgehead atoms. The molecule has 0 aliphatic heterocycles. The number of hydrogen-bond acceptors (Lipinski definition) is 5. The summed E-state index contributed by atoms with van der Waals surface area (Å²) < 4.78 is 1.60. The van der Waals surface area contributed by atoms with Gasteiger partial charge in [-0.3, -0.25) is 10.1 Å². The highest BCUT2D eigenvalue weighted by Gasteiger charge is 2.08. The first-order chi connectivity index (χ1) is 11.0. The van der Waals surface area contributed by atoms with E-state index in [0.717, 1.165) is 22.6 Å². The summed E-state index contributed by atoms with van der Waals surface area (Å²) in [7, 11) is 3.97. The van der Waals surface area contributed by atoms with Crippen LogP contribution in [0, 0.1) is 10.1 Å². The van der Waals surface area contributed by atoms with Gasteiger partial charge in [-0.2, -0.15) is 0 Å². The SMILES string of the molecule is CN(C)c1ccc(-c2cn(-c3ccc([N+](=O)[O-])cc3)nn2)cc1. The van der Waals surface area contributed by atoms with Gasteiger partial charge in [0.1, 0.15) is 5.69 Å². The first-order valence-corrected chi connectivity index (χ1v) is 6.99. The van der Waals surface area contributed by atoms with Gasteiger partial charge in [-0.05, 0) is 24.3 Å². The lowest BCUT2D eigenvalue weighted by Gasteiger charge is -2.11. The second-order valence-corrected chi connectivity index (χ2v) is 5.26. The molecule has 0 aliphatic carbocycles. The Kier molecular flexibility index (Phi) is 3.76. The number of nitro benzene ring substituents is 1. The van der Waals surface area contributed by atoms with Crippen LogP contribution in [0.25, 0.3) is 16.9 Å². The summed E-state index contributed by atoms with van der Waals surface area (Å²) in [6.45, 7) is 0. The summed E-state index contributed by atoms with van der Waals surface area (Å²) in [5.41, 5.74) is 3.58. The summed E-state index contributed by atoms with van der Waals surface area (Å²) in [5.74, 6) is 0. The molecule has 0 unspecified atom stereocenters. The summed E-state index contributed by atoms with van der Waals surface area (Å²) in [5, 5.41) is 18.9. The Hall–Kier alpha value is -3.22. The molecule has 2 aromatic carbocycles. The van der Waals surface area contributed by atoms with E-state index in [-0.39, 0.29) is 5.69 Å². The number of nitro groups is 1. The third kappa shape index (κ3) is 3.03. The zero-order chi connectivity index (χ0) is 16.4. The number of rotatable bonds is 4. The van der Waals surface area contributed by atoms with Crippen molar-refractivity contribution in [2.24, 2.45) is 0 Å². The molecule has 0 fully saturated rings. The van der Waals surface area contributed by atoms with Crippen molar-refractivity contribution in [2.45, 2.75) is 0 Å². The van der Waals surface area contributed by atoms with Crippen LogP contribution in [0.5, 0.6) is 0 Å². The Morgan fingerprint density at radius 3 is 2.26 bits per heavy atom. The van der Waals surface area contributed by atoms with Crippen LogP contribution in [0.2, 0.25) is 0 Å². The minimum atomic E-state index is -0.428. The first kappa shape index (κ1) is 14.7. The Balaban J connectivity index is 1.86. The van der Waals surface area contributed by atoms with Crippen molar-refractivity contribution in [3.8, 4) is 16.9 Å². The average Bonchev–Trinajstić information content (AvgIpc) is 3.05. The minimum absolute atomic E-state index is 0.0494. The van der Waals surface area contributed by atoms with Crippen molar-refractivity contribution in [1.29, 1.82) is 0 Å². The number of benzene rings is 2. The van der Waals surface area contributed by atoms with Gasteiger partial charge in [0.25, 0.3) is 5.69 Å². The molecular weight excluding hydrogens is 294 g/mol. The zero-order valence-corrected chi connectivity index (χ0v) is 12.7. The molecule has 0 spiro atoms. The van der Waals surface area contributed by atoms with Gasteiger partial charge in [0.15, 0.2) is 0 Å². The van der Waals surface area contributed by atoms with Crippen LogP contribution in [-0.4, -0.2) is 34.0 Å². The lowest BCUT2D eigenvalue weighted by Crippen LogP contribution is -2.07. The molecule has 7 heteroatoms. The van der Waals surface area contributed by atoms with E-state index in [1.165, 1.54) is 12.1 Å². The van der Waals surface area contributed by atoms with Crippen LogP contribution in [-0.2, 0) is 0 Å². The Morgan fingerprint density at radius 1 is 1.04 bits per heavy atom. The number of hydrogen-bond donors (Lipinski definition) is 0. The first-order valence-electron chi connectivity index (χ1n) is 6.99. The molecule has 1 aromatic heterocycles. The number of non-ortho nitro benzene ring substituents is 1. The van der Waals surface area contributed by atoms with Crippen molar-refractivity contribution >= 4 is 11.4 Å². The highest BCUT2D eigenvalue weighted by molar-refractivity contribution is 5.62. The molecule has 3 rings (SSSR count). The normalized spacial score (nSPS) is 10.5. The predicted octanol–water partition coefficient (Wildman–Crippen LogP) is 2.91. The zero-order valence-electron chi connectivity index (χ0n) is 12.7. The molecule has 0 N–H and O–H groups in total. The van der Waals surface area contributed by atoms with E-state index in [2.05, 4.69) is 10.3 Å². The molecule has 1 heterocycles. The quantitative estimate of drug-likeness (QED) is 0.547. The Bertz CT molecular complexity index is 822. The van der Waals surface area contributed by atoms with Crippen molar-refractivity contribution in [2.75, 3.05) is 19.0 Å². The maximum absolute atomic E-state index is 10.7. The van der Waals surface area contributed by atoms with Crippen LogP contribution < -0.4 is 4.90 Å². The van der Waals surface area contributed by atoms with E-state index in [4.69, 9.17) is 0 Å². The minimum Gasteiger partial charge on any atom is -0.378 e. The maximum Gasteiger partial charge on any atom is 0.269 e. The van der Waals surface area contributed by atoms with E-state index < -0.39 is 4.92 Å². The molecule has 0 radical (unpaired) electrons. The summed E-state index contributed by atoms with van der Waals surface area (Å²) in [6, 6.07) is 14.2. The van der Waals surface area contributed by atoms with Crippen molar-refractivity contribution in [1.82, 2.24) is 15.0 Å². The smallest absolute Gasteiger partial charge is 0.269 e. The van der Waals surface area contributed by atoms with Gasteiger partial charge >= 0.3 is 0 Å². The maximum atomic E-state index is 10.7. The molecule has 0 saturated heterocycles. The van der Waals surface area contributed by atoms with E-state index >= 15 is 0 Å². The molecule has 0 aliphatic rings. The standard InChI is InChI=1S/C16H15N5O2/c1-19(2)13-5-3-12(4-6-13)16-11-20(18-17-16)14-7-9-15(10-8-14)21(22)23/h3-11H,1-2H3. The van der Waals surface area contributed by atoms with Gasteiger partial charge in [-0.25, -0.2) is 4.68 Å². The van der Waals surface area contributed by atoms with Crippen LogP contribution in [0.3, 0.4) is 0 Å². The van der Waals surface area contributed by atoms with Gasteiger partial charge < -0.3 is 4.90 Å². The molecule has 3 aromatic rings. The highest BCUT2D eigenvalue weighted by atomic mass is 16.6. The van der Waals surface area contributed by atoms with Crippen LogP contribution >= 0.6 is 0 Å². The fraction of sp³-hybridized carbons (Fsp3) is 0.125. The topological polar surface area (TPSA) is 77.1 Å². The predicted molar refractivity (Wildman–Crippen MR) is 87.8 cm³/mol. The van der Waals surface area contributed by atoms with E-state index in [1.54, 1.807) is 23.0 Å². The number of anilines is 1. The number of nitrogens with zero attached hydrogens (tertiary/aromatic N) is 5. The van der Waals surface area contributed by atoms with Gasteiger partial charge in [0.05, 0.1) is 16.8 Å². The second kappa shape index (κ2) is 5.88. The van der Waals surface area contributed by atoms with E-state index in [0.29, 0.717) is 0 Å². The number of aromatic nitrogens is 3. The van der Waals surface area contributed by atoms with Crippen LogP contribution in [0.1, 0.15) is 0 Å². The molecular formula is C16H15N5O2. The van der Waals surface area contributed by atoms with Gasteiger partial charge in [-0.15, -0.1) is 5.10 Å². The monoisotopic (exact) mass is 309 g/mol. The van der Waals surface area contributed by atoms with Crippen LogP contribution in [0.15, 0.2) is 54.7 Å². The van der Waals surface area contributed by atoms with Gasteiger partial charge in [0.2, 0.25) is 0 Å². The second-order valence-electron chi connectivity index (χ2n) is 5.26.